The number of hydrogen-bond donors (Lipinski definition) is 0. The van der Waals surface area contributed by atoms with Gasteiger partial charge in [-0.3, -0.25) is 4.79 Å². The number of rotatable bonds is 8. The minimum Gasteiger partial charge on any atom is -0.493 e. The van der Waals surface area contributed by atoms with Gasteiger partial charge in [-0.1, -0.05) is 18.5 Å². The lowest BCUT2D eigenvalue weighted by atomic mass is 10.2. The van der Waals surface area contributed by atoms with E-state index in [-0.39, 0.29) is 13.2 Å². The van der Waals surface area contributed by atoms with Crippen LogP contribution >= 0.6 is 11.6 Å². The summed E-state index contributed by atoms with van der Waals surface area (Å²) in [5.74, 6) is -0.505. The van der Waals surface area contributed by atoms with E-state index in [9.17, 15) is 14.4 Å². The third kappa shape index (κ3) is 5.62. The van der Waals surface area contributed by atoms with Gasteiger partial charge in [0.05, 0.1) is 25.3 Å². The normalized spacial score (nSPS) is 13.6. The zero-order chi connectivity index (χ0) is 19.8. The summed E-state index contributed by atoms with van der Waals surface area (Å²) < 4.78 is 20.3. The molecule has 27 heavy (non-hydrogen) atoms. The molecule has 1 aliphatic rings. The maximum absolute atomic E-state index is 11.8. The van der Waals surface area contributed by atoms with Crippen molar-refractivity contribution in [2.45, 2.75) is 13.3 Å². The molecule has 0 saturated carbocycles. The third-order valence-corrected chi connectivity index (χ3v) is 3.79. The number of halogens is 1. The monoisotopic (exact) mass is 397 g/mol. The average Bonchev–Trinajstić information content (AvgIpc) is 3.09. The lowest BCUT2D eigenvalue weighted by molar-refractivity contribution is -0.146. The highest BCUT2D eigenvalue weighted by Gasteiger charge is 2.28. The van der Waals surface area contributed by atoms with Crippen LogP contribution in [-0.2, 0) is 19.1 Å². The number of cyclic esters (lactones) is 1. The number of amides is 2. The molecule has 146 valence electrons. The summed E-state index contributed by atoms with van der Waals surface area (Å²) in [5, 5.41) is 0.346. The lowest BCUT2D eigenvalue weighted by Gasteiger charge is -2.12. The van der Waals surface area contributed by atoms with E-state index in [0.717, 1.165) is 17.4 Å². The van der Waals surface area contributed by atoms with Gasteiger partial charge in [-0.05, 0) is 30.2 Å². The first-order valence-electron chi connectivity index (χ1n) is 8.28. The number of benzene rings is 1. The Kier molecular flexibility index (Phi) is 7.48. The number of imide groups is 1. The van der Waals surface area contributed by atoms with Crippen LogP contribution < -0.4 is 9.47 Å². The van der Waals surface area contributed by atoms with Crippen LogP contribution in [0, 0.1) is 0 Å². The second-order valence-corrected chi connectivity index (χ2v) is 5.89. The molecular weight excluding hydrogens is 378 g/mol. The van der Waals surface area contributed by atoms with Crippen molar-refractivity contribution in [2.75, 3.05) is 33.5 Å². The summed E-state index contributed by atoms with van der Waals surface area (Å²) in [6, 6.07) is 3.27. The molecule has 1 saturated heterocycles. The molecule has 0 aliphatic carbocycles. The number of carbonyl (C=O) groups is 3. The maximum Gasteiger partial charge on any atom is 0.416 e. The Hall–Kier alpha value is -2.74. The molecule has 1 aromatic carbocycles. The molecule has 1 fully saturated rings. The van der Waals surface area contributed by atoms with Gasteiger partial charge >= 0.3 is 12.1 Å². The van der Waals surface area contributed by atoms with Crippen LogP contribution in [0.5, 0.6) is 11.5 Å². The van der Waals surface area contributed by atoms with E-state index in [2.05, 4.69) is 4.74 Å². The van der Waals surface area contributed by atoms with Gasteiger partial charge in [0, 0.05) is 6.08 Å². The minimum atomic E-state index is -0.739. The number of esters is 1. The Morgan fingerprint density at radius 3 is 2.78 bits per heavy atom. The van der Waals surface area contributed by atoms with Crippen molar-refractivity contribution in [3.8, 4) is 11.5 Å². The highest BCUT2D eigenvalue weighted by molar-refractivity contribution is 6.32. The highest BCUT2D eigenvalue weighted by atomic mass is 35.5. The molecule has 0 atom stereocenters. The predicted molar refractivity (Wildman–Crippen MR) is 96.8 cm³/mol. The van der Waals surface area contributed by atoms with Crippen LogP contribution in [-0.4, -0.2) is 56.3 Å². The van der Waals surface area contributed by atoms with Crippen LogP contribution in [0.1, 0.15) is 18.9 Å². The van der Waals surface area contributed by atoms with Gasteiger partial charge in [0.15, 0.2) is 18.1 Å². The number of nitrogens with zero attached hydrogens (tertiary/aromatic N) is 1. The predicted octanol–water partition coefficient (Wildman–Crippen LogP) is 2.67. The molecular formula is C18H20ClNO7. The molecule has 0 spiro atoms. The maximum atomic E-state index is 11.8. The SMILES string of the molecule is CCCOc1c(Cl)cc(/C=C/C(=O)OCC(=O)N2CCOC2=O)cc1OC. The van der Waals surface area contributed by atoms with Crippen molar-refractivity contribution in [3.63, 3.8) is 0 Å². The van der Waals surface area contributed by atoms with Crippen molar-refractivity contribution in [1.29, 1.82) is 0 Å². The summed E-state index contributed by atoms with van der Waals surface area (Å²) >= 11 is 6.20. The van der Waals surface area contributed by atoms with Crippen LogP contribution in [0.3, 0.4) is 0 Å². The van der Waals surface area contributed by atoms with Gasteiger partial charge < -0.3 is 18.9 Å². The van der Waals surface area contributed by atoms with Gasteiger partial charge in [-0.25, -0.2) is 14.5 Å². The van der Waals surface area contributed by atoms with E-state index in [1.807, 2.05) is 6.92 Å². The standard InChI is InChI=1S/C18H20ClNO7/c1-3-7-25-17-13(19)9-12(10-14(17)24-2)4-5-16(22)27-11-15(21)20-6-8-26-18(20)23/h4-5,9-10H,3,6-8,11H2,1-2H3/b5-4+. The number of methoxy groups -OCH3 is 1. The van der Waals surface area contributed by atoms with E-state index in [1.54, 1.807) is 12.1 Å². The molecule has 2 amide bonds. The number of ether oxygens (including phenoxy) is 4. The average molecular weight is 398 g/mol. The molecule has 0 N–H and O–H groups in total. The van der Waals surface area contributed by atoms with Crippen LogP contribution in [0.15, 0.2) is 18.2 Å². The smallest absolute Gasteiger partial charge is 0.416 e. The van der Waals surface area contributed by atoms with Crippen molar-refractivity contribution in [2.24, 2.45) is 0 Å². The second-order valence-electron chi connectivity index (χ2n) is 5.48. The minimum absolute atomic E-state index is 0.138. The summed E-state index contributed by atoms with van der Waals surface area (Å²) in [5.41, 5.74) is 0.590. The van der Waals surface area contributed by atoms with Gasteiger partial charge in [-0.2, -0.15) is 0 Å². The van der Waals surface area contributed by atoms with Gasteiger partial charge in [-0.15, -0.1) is 0 Å². The largest absolute Gasteiger partial charge is 0.493 e. The first-order chi connectivity index (χ1) is 13.0. The Labute approximate surface area is 161 Å². The lowest BCUT2D eigenvalue weighted by Crippen LogP contribution is -2.35. The fourth-order valence-electron chi connectivity index (χ4n) is 2.22. The van der Waals surface area contributed by atoms with Gasteiger partial charge in [0.2, 0.25) is 0 Å². The van der Waals surface area contributed by atoms with Crippen molar-refractivity contribution in [3.05, 3.63) is 28.8 Å². The quantitative estimate of drug-likeness (QED) is 0.492. The molecule has 9 heteroatoms. The van der Waals surface area contributed by atoms with Crippen LogP contribution in [0.4, 0.5) is 4.79 Å². The number of hydrogen-bond acceptors (Lipinski definition) is 7. The van der Waals surface area contributed by atoms with Crippen LogP contribution in [0.2, 0.25) is 5.02 Å². The Balaban J connectivity index is 1.96. The highest BCUT2D eigenvalue weighted by Crippen LogP contribution is 2.36. The van der Waals surface area contributed by atoms with Gasteiger partial charge in [0.1, 0.15) is 6.61 Å². The first-order valence-corrected chi connectivity index (χ1v) is 8.66. The summed E-state index contributed by atoms with van der Waals surface area (Å²) in [4.78, 5) is 35.7. The van der Waals surface area contributed by atoms with E-state index < -0.39 is 24.6 Å². The Bertz CT molecular complexity index is 747. The molecule has 0 aromatic heterocycles. The first kappa shape index (κ1) is 20.6. The third-order valence-electron chi connectivity index (χ3n) is 3.51. The fraction of sp³-hybridized carbons (Fsp3) is 0.389. The molecule has 1 aliphatic heterocycles. The summed E-state index contributed by atoms with van der Waals surface area (Å²) in [6.07, 6.45) is 2.70. The van der Waals surface area contributed by atoms with Crippen molar-refractivity contribution >= 4 is 35.6 Å². The molecule has 1 aromatic rings. The van der Waals surface area contributed by atoms with Crippen molar-refractivity contribution < 1.29 is 33.3 Å². The molecule has 2 rings (SSSR count). The molecule has 0 bridgehead atoms. The topological polar surface area (TPSA) is 91.4 Å². The zero-order valence-corrected chi connectivity index (χ0v) is 15.8. The van der Waals surface area contributed by atoms with Crippen molar-refractivity contribution in [1.82, 2.24) is 4.90 Å². The Morgan fingerprint density at radius 2 is 2.15 bits per heavy atom. The zero-order valence-electron chi connectivity index (χ0n) is 15.0. The number of carbonyl (C=O) groups excluding carboxylic acids is 3. The Morgan fingerprint density at radius 1 is 1.37 bits per heavy atom. The van der Waals surface area contributed by atoms with E-state index in [0.29, 0.717) is 28.7 Å². The molecule has 0 radical (unpaired) electrons. The van der Waals surface area contributed by atoms with Gasteiger partial charge in [0.25, 0.3) is 5.91 Å². The van der Waals surface area contributed by atoms with E-state index >= 15 is 0 Å². The van der Waals surface area contributed by atoms with E-state index in [1.165, 1.54) is 13.2 Å². The van der Waals surface area contributed by atoms with E-state index in [4.69, 9.17) is 25.8 Å². The molecule has 0 unspecified atom stereocenters. The molecule has 8 nitrogen and oxygen atoms in total. The summed E-state index contributed by atoms with van der Waals surface area (Å²) in [6.45, 7) is 2.21. The summed E-state index contributed by atoms with van der Waals surface area (Å²) in [7, 11) is 1.49. The second kappa shape index (κ2) is 9.82. The molecule has 1 heterocycles. The van der Waals surface area contributed by atoms with Crippen LogP contribution in [0.25, 0.3) is 6.08 Å². The fourth-order valence-corrected chi connectivity index (χ4v) is 2.50.